The van der Waals surface area contributed by atoms with Crippen molar-refractivity contribution < 1.29 is 0 Å². The normalized spacial score (nSPS) is 10.7. The zero-order chi connectivity index (χ0) is 11.9. The van der Waals surface area contributed by atoms with Gasteiger partial charge in [0.05, 0.1) is 0 Å². The first-order valence-corrected chi connectivity index (χ1v) is 10.0. The van der Waals surface area contributed by atoms with Crippen LogP contribution in [0.1, 0.15) is 11.1 Å². The third kappa shape index (κ3) is 4.28. The zero-order valence-electron chi connectivity index (χ0n) is 9.64. The molecule has 0 N–H and O–H groups in total. The highest BCUT2D eigenvalue weighted by atomic mass is 127. The lowest BCUT2D eigenvalue weighted by atomic mass is 10.0. The number of benzene rings is 2. The molecule has 2 heteroatoms. The van der Waals surface area contributed by atoms with Crippen molar-refractivity contribution in [1.29, 1.82) is 0 Å². The van der Waals surface area contributed by atoms with Gasteiger partial charge in [-0.2, -0.15) is 0 Å². The van der Waals surface area contributed by atoms with E-state index in [1.54, 1.807) is 0 Å². The standard InChI is InChI=1S/C15H15ISi/c16-17-15(11-13-7-3-1-4-8-13)12-14-9-5-2-6-10-14/h1-10,15H,11-12H2. The van der Waals surface area contributed by atoms with E-state index < -0.39 is 0 Å². The first kappa shape index (κ1) is 12.8. The largest absolute Gasteiger partial charge is 0.135 e. The summed E-state index contributed by atoms with van der Waals surface area (Å²) in [5, 5.41) is 0. The summed E-state index contributed by atoms with van der Waals surface area (Å²) in [6, 6.07) is 21.6. The molecule has 0 saturated heterocycles. The van der Waals surface area contributed by atoms with E-state index in [4.69, 9.17) is 0 Å². The Bertz CT molecular complexity index is 386. The minimum absolute atomic E-state index is 0.764. The molecule has 0 bridgehead atoms. The number of hydrogen-bond acceptors (Lipinski definition) is 0. The Balaban J connectivity index is 1.98. The predicted octanol–water partition coefficient (Wildman–Crippen LogP) is 4.31. The summed E-state index contributed by atoms with van der Waals surface area (Å²) in [7, 11) is 0.970. The molecule has 0 aliphatic rings. The van der Waals surface area contributed by atoms with Crippen LogP contribution in [0.25, 0.3) is 0 Å². The second-order valence-corrected chi connectivity index (χ2v) is 7.09. The van der Waals surface area contributed by atoms with E-state index in [1.165, 1.54) is 24.0 Å². The molecule has 0 amide bonds. The van der Waals surface area contributed by atoms with Gasteiger partial charge in [0.15, 0.2) is 0 Å². The molecule has 0 saturated carbocycles. The lowest BCUT2D eigenvalue weighted by molar-refractivity contribution is 0.815. The molecule has 0 nitrogen and oxygen atoms in total. The van der Waals surface area contributed by atoms with Crippen molar-refractivity contribution in [3.63, 3.8) is 0 Å². The topological polar surface area (TPSA) is 0 Å². The molecule has 2 aromatic carbocycles. The van der Waals surface area contributed by atoms with Crippen LogP contribution in [0, 0.1) is 0 Å². The SMILES string of the molecule is I[Si]C(Cc1ccccc1)Cc1ccccc1. The Morgan fingerprint density at radius 1 is 0.765 bits per heavy atom. The summed E-state index contributed by atoms with van der Waals surface area (Å²) in [6.07, 6.45) is 2.38. The fourth-order valence-electron chi connectivity index (χ4n) is 1.95. The summed E-state index contributed by atoms with van der Waals surface area (Å²) in [5.74, 6) is 0. The van der Waals surface area contributed by atoms with Crippen molar-refractivity contribution in [2.75, 3.05) is 0 Å². The van der Waals surface area contributed by atoms with Crippen LogP contribution < -0.4 is 0 Å². The monoisotopic (exact) mass is 350 g/mol. The first-order chi connectivity index (χ1) is 8.38. The average Bonchev–Trinajstić information content (AvgIpc) is 2.40. The van der Waals surface area contributed by atoms with Gasteiger partial charge in [-0.15, -0.1) is 21.8 Å². The summed E-state index contributed by atoms with van der Waals surface area (Å²) in [4.78, 5) is 0. The van der Waals surface area contributed by atoms with Gasteiger partial charge < -0.3 is 0 Å². The Hall–Kier alpha value is -0.613. The lowest BCUT2D eigenvalue weighted by Gasteiger charge is -2.13. The average molecular weight is 350 g/mol. The van der Waals surface area contributed by atoms with E-state index in [2.05, 4.69) is 82.5 Å². The van der Waals surface area contributed by atoms with Crippen LogP contribution in [0.3, 0.4) is 0 Å². The quantitative estimate of drug-likeness (QED) is 0.428. The molecule has 86 valence electrons. The fourth-order valence-corrected chi connectivity index (χ4v) is 3.89. The highest BCUT2D eigenvalue weighted by Crippen LogP contribution is 2.20. The molecule has 0 spiro atoms. The van der Waals surface area contributed by atoms with Gasteiger partial charge in [0, 0.05) is 0 Å². The Labute approximate surface area is 118 Å². The summed E-state index contributed by atoms with van der Waals surface area (Å²) in [6.45, 7) is 0. The second-order valence-electron chi connectivity index (χ2n) is 4.19. The van der Waals surface area contributed by atoms with Crippen LogP contribution >= 0.6 is 21.8 Å². The van der Waals surface area contributed by atoms with Crippen LogP contribution in [-0.4, -0.2) is 7.02 Å². The highest BCUT2D eigenvalue weighted by Gasteiger charge is 2.10. The molecule has 2 rings (SSSR count). The van der Waals surface area contributed by atoms with Crippen molar-refractivity contribution in [3.8, 4) is 0 Å². The van der Waals surface area contributed by atoms with Crippen molar-refractivity contribution in [2.45, 2.75) is 18.4 Å². The third-order valence-corrected chi connectivity index (χ3v) is 6.16. The molecule has 0 atom stereocenters. The fraction of sp³-hybridized carbons (Fsp3) is 0.200. The van der Waals surface area contributed by atoms with Crippen LogP contribution in [0.2, 0.25) is 5.54 Å². The first-order valence-electron chi connectivity index (χ1n) is 5.82. The van der Waals surface area contributed by atoms with E-state index in [9.17, 15) is 0 Å². The van der Waals surface area contributed by atoms with Gasteiger partial charge >= 0.3 is 0 Å². The third-order valence-electron chi connectivity index (χ3n) is 2.80. The molecule has 0 heterocycles. The molecular formula is C15H15ISi. The molecule has 0 aliphatic heterocycles. The molecule has 0 unspecified atom stereocenters. The minimum atomic E-state index is 0.764. The zero-order valence-corrected chi connectivity index (χ0v) is 12.8. The van der Waals surface area contributed by atoms with E-state index in [1.807, 2.05) is 0 Å². The van der Waals surface area contributed by atoms with Crippen LogP contribution in [0.5, 0.6) is 0 Å². The maximum absolute atomic E-state index is 2.53. The molecular weight excluding hydrogens is 335 g/mol. The Kier molecular flexibility index (Phi) is 5.26. The number of hydrogen-bond donors (Lipinski definition) is 0. The molecule has 2 aromatic rings. The van der Waals surface area contributed by atoms with Gasteiger partial charge in [-0.05, 0) is 29.5 Å². The highest BCUT2D eigenvalue weighted by molar-refractivity contribution is 14.1. The van der Waals surface area contributed by atoms with Crippen molar-refractivity contribution in [1.82, 2.24) is 0 Å². The summed E-state index contributed by atoms with van der Waals surface area (Å²) in [5.41, 5.74) is 3.68. The lowest BCUT2D eigenvalue weighted by Crippen LogP contribution is -2.05. The van der Waals surface area contributed by atoms with E-state index in [-0.39, 0.29) is 0 Å². The van der Waals surface area contributed by atoms with Gasteiger partial charge in [-0.1, -0.05) is 60.7 Å². The van der Waals surface area contributed by atoms with E-state index in [0.717, 1.165) is 12.6 Å². The number of halogens is 1. The smallest absolute Gasteiger partial charge is 0.124 e. The van der Waals surface area contributed by atoms with Gasteiger partial charge in [0.2, 0.25) is 0 Å². The van der Waals surface area contributed by atoms with Gasteiger partial charge in [0.1, 0.15) is 7.02 Å². The van der Waals surface area contributed by atoms with Crippen LogP contribution in [0.15, 0.2) is 60.7 Å². The Morgan fingerprint density at radius 3 is 1.53 bits per heavy atom. The molecule has 17 heavy (non-hydrogen) atoms. The maximum atomic E-state index is 2.53. The van der Waals surface area contributed by atoms with Crippen LogP contribution in [-0.2, 0) is 12.8 Å². The van der Waals surface area contributed by atoms with Crippen molar-refractivity contribution in [2.24, 2.45) is 0 Å². The van der Waals surface area contributed by atoms with Crippen molar-refractivity contribution in [3.05, 3.63) is 71.8 Å². The van der Waals surface area contributed by atoms with E-state index >= 15 is 0 Å². The predicted molar refractivity (Wildman–Crippen MR) is 83.8 cm³/mol. The van der Waals surface area contributed by atoms with Crippen LogP contribution in [0.4, 0.5) is 0 Å². The van der Waals surface area contributed by atoms with Crippen molar-refractivity contribution >= 4 is 28.8 Å². The molecule has 0 fully saturated rings. The summed E-state index contributed by atoms with van der Waals surface area (Å²) < 4.78 is 0. The van der Waals surface area contributed by atoms with E-state index in [0.29, 0.717) is 0 Å². The Morgan fingerprint density at radius 2 is 1.18 bits per heavy atom. The molecule has 2 radical (unpaired) electrons. The van der Waals surface area contributed by atoms with Gasteiger partial charge in [-0.25, -0.2) is 0 Å². The second kappa shape index (κ2) is 6.96. The maximum Gasteiger partial charge on any atom is 0.135 e. The minimum Gasteiger partial charge on any atom is -0.124 e. The number of rotatable bonds is 5. The van der Waals surface area contributed by atoms with Gasteiger partial charge in [-0.3, -0.25) is 0 Å². The molecule has 0 aromatic heterocycles. The van der Waals surface area contributed by atoms with Gasteiger partial charge in [0.25, 0.3) is 0 Å². The molecule has 0 aliphatic carbocycles. The summed E-state index contributed by atoms with van der Waals surface area (Å²) >= 11 is 2.53.